The molecule has 0 atom stereocenters. The zero-order valence-electron chi connectivity index (χ0n) is 14.3. The van der Waals surface area contributed by atoms with Crippen molar-refractivity contribution in [2.24, 2.45) is 0 Å². The highest BCUT2D eigenvalue weighted by atomic mass is 16.6. The summed E-state index contributed by atoms with van der Waals surface area (Å²) in [5.41, 5.74) is -0.495. The van der Waals surface area contributed by atoms with E-state index in [9.17, 15) is 9.59 Å². The van der Waals surface area contributed by atoms with E-state index < -0.39 is 17.1 Å². The molecule has 132 valence electrons. The van der Waals surface area contributed by atoms with Gasteiger partial charge in [0.2, 0.25) is 0 Å². The van der Waals surface area contributed by atoms with Gasteiger partial charge in [-0.25, -0.2) is 14.5 Å². The van der Waals surface area contributed by atoms with Crippen LogP contribution in [0.3, 0.4) is 0 Å². The van der Waals surface area contributed by atoms with Gasteiger partial charge in [0, 0.05) is 6.20 Å². The maximum absolute atomic E-state index is 12.5. The highest BCUT2D eigenvalue weighted by Crippen LogP contribution is 2.12. The lowest BCUT2D eigenvalue weighted by atomic mass is 10.2. The van der Waals surface area contributed by atoms with Gasteiger partial charge in [-0.3, -0.25) is 9.89 Å². The van der Waals surface area contributed by atoms with E-state index >= 15 is 0 Å². The molecule has 10 heteroatoms. The third-order valence-corrected chi connectivity index (χ3v) is 3.22. The molecular weight excluding hydrogens is 338 g/mol. The zero-order chi connectivity index (χ0) is 18.9. The van der Waals surface area contributed by atoms with Gasteiger partial charge < -0.3 is 4.74 Å². The number of pyridine rings is 1. The Labute approximate surface area is 147 Å². The van der Waals surface area contributed by atoms with Crippen molar-refractivity contribution in [2.75, 3.05) is 0 Å². The SMILES string of the molecule is CC(C)(C)OC(=O)c1ccc(-n2[nH]cc(-n3cc(C#N)nn3)c2=O)nc1. The minimum Gasteiger partial charge on any atom is -0.456 e. The predicted octanol–water partition coefficient (Wildman–Crippen LogP) is 0.968. The predicted molar refractivity (Wildman–Crippen MR) is 89.0 cm³/mol. The highest BCUT2D eigenvalue weighted by molar-refractivity contribution is 5.89. The molecule has 3 rings (SSSR count). The fraction of sp³-hybridized carbons (Fsp3) is 0.250. The first-order valence-electron chi connectivity index (χ1n) is 7.61. The smallest absolute Gasteiger partial charge is 0.340 e. The molecule has 0 aliphatic carbocycles. The van der Waals surface area contributed by atoms with E-state index in [0.29, 0.717) is 0 Å². The van der Waals surface area contributed by atoms with Crippen LogP contribution in [0, 0.1) is 11.3 Å². The van der Waals surface area contributed by atoms with Gasteiger partial charge in [-0.2, -0.15) is 9.94 Å². The van der Waals surface area contributed by atoms with Crippen LogP contribution in [0.15, 0.2) is 35.5 Å². The quantitative estimate of drug-likeness (QED) is 0.694. The summed E-state index contributed by atoms with van der Waals surface area (Å²) in [7, 11) is 0. The molecule has 0 spiro atoms. The first-order chi connectivity index (χ1) is 12.3. The molecule has 10 nitrogen and oxygen atoms in total. The lowest BCUT2D eigenvalue weighted by Crippen LogP contribution is -2.24. The van der Waals surface area contributed by atoms with Gasteiger partial charge in [0.25, 0.3) is 5.56 Å². The van der Waals surface area contributed by atoms with Crippen LogP contribution >= 0.6 is 0 Å². The number of ether oxygens (including phenoxy) is 1. The molecule has 0 amide bonds. The number of nitrogens with zero attached hydrogens (tertiary/aromatic N) is 6. The normalized spacial score (nSPS) is 11.2. The molecule has 0 bridgehead atoms. The average molecular weight is 353 g/mol. The highest BCUT2D eigenvalue weighted by Gasteiger charge is 2.19. The minimum absolute atomic E-state index is 0.0944. The Bertz CT molecular complexity index is 1050. The molecule has 0 aromatic carbocycles. The molecule has 3 heterocycles. The fourth-order valence-electron chi connectivity index (χ4n) is 2.10. The van der Waals surface area contributed by atoms with Crippen LogP contribution in [0.2, 0.25) is 0 Å². The number of carbonyl (C=O) groups is 1. The number of hydrogen-bond donors (Lipinski definition) is 1. The van der Waals surface area contributed by atoms with Gasteiger partial charge in [0.15, 0.2) is 17.2 Å². The maximum Gasteiger partial charge on any atom is 0.340 e. The van der Waals surface area contributed by atoms with Gasteiger partial charge in [-0.05, 0) is 32.9 Å². The number of esters is 1. The Morgan fingerprint density at radius 1 is 1.35 bits per heavy atom. The van der Waals surface area contributed by atoms with E-state index in [-0.39, 0.29) is 22.8 Å². The number of hydrogen-bond acceptors (Lipinski definition) is 7. The van der Waals surface area contributed by atoms with Crippen molar-refractivity contribution >= 4 is 5.97 Å². The van der Waals surface area contributed by atoms with Crippen LogP contribution in [0.5, 0.6) is 0 Å². The van der Waals surface area contributed by atoms with Crippen LogP contribution < -0.4 is 5.56 Å². The third-order valence-electron chi connectivity index (χ3n) is 3.22. The van der Waals surface area contributed by atoms with Gasteiger partial charge in [-0.1, -0.05) is 5.21 Å². The second-order valence-electron chi connectivity index (χ2n) is 6.37. The first-order valence-corrected chi connectivity index (χ1v) is 7.61. The lowest BCUT2D eigenvalue weighted by Gasteiger charge is -2.19. The molecule has 0 radical (unpaired) electrons. The largest absolute Gasteiger partial charge is 0.456 e. The topological polar surface area (TPSA) is 131 Å². The third kappa shape index (κ3) is 3.36. The first kappa shape index (κ1) is 17.1. The van der Waals surface area contributed by atoms with Crippen LogP contribution in [-0.4, -0.2) is 41.3 Å². The Hall–Kier alpha value is -3.74. The minimum atomic E-state index is -0.610. The molecule has 3 aromatic rings. The Morgan fingerprint density at radius 2 is 2.12 bits per heavy atom. The van der Waals surface area contributed by atoms with E-state index in [2.05, 4.69) is 20.4 Å². The summed E-state index contributed by atoms with van der Waals surface area (Å²) in [5.74, 6) is -0.211. The number of aromatic amines is 1. The van der Waals surface area contributed by atoms with Crippen molar-refractivity contribution in [1.82, 2.24) is 29.8 Å². The Balaban J connectivity index is 1.88. The van der Waals surface area contributed by atoms with Crippen LogP contribution in [0.1, 0.15) is 36.8 Å². The van der Waals surface area contributed by atoms with Crippen molar-refractivity contribution in [2.45, 2.75) is 26.4 Å². The fourth-order valence-corrected chi connectivity index (χ4v) is 2.10. The van der Waals surface area contributed by atoms with Crippen LogP contribution in [0.4, 0.5) is 0 Å². The number of carbonyl (C=O) groups excluding carboxylic acids is 1. The summed E-state index contributed by atoms with van der Waals surface area (Å²) < 4.78 is 7.65. The second-order valence-corrected chi connectivity index (χ2v) is 6.37. The summed E-state index contributed by atoms with van der Waals surface area (Å²) in [5, 5.41) is 18.9. The summed E-state index contributed by atoms with van der Waals surface area (Å²) in [6.07, 6.45) is 4.09. The number of aromatic nitrogens is 6. The van der Waals surface area contributed by atoms with Crippen LogP contribution in [-0.2, 0) is 4.74 Å². The lowest BCUT2D eigenvalue weighted by molar-refractivity contribution is 0.00691. The second kappa shape index (κ2) is 6.29. The standard InChI is InChI=1S/C16H15N7O3/c1-16(2,3)26-15(25)10-4-5-13(18-7-10)23-14(24)12(8-19-23)22-9-11(6-17)20-21-22/h4-5,7-9,19H,1-3H3. The van der Waals surface area contributed by atoms with Crippen molar-refractivity contribution < 1.29 is 9.53 Å². The van der Waals surface area contributed by atoms with E-state index in [0.717, 1.165) is 0 Å². The van der Waals surface area contributed by atoms with E-state index in [1.54, 1.807) is 20.8 Å². The van der Waals surface area contributed by atoms with E-state index in [1.807, 2.05) is 6.07 Å². The number of rotatable bonds is 3. The number of nitriles is 1. The van der Waals surface area contributed by atoms with Crippen molar-refractivity contribution in [1.29, 1.82) is 5.26 Å². The number of nitrogens with one attached hydrogen (secondary N) is 1. The van der Waals surface area contributed by atoms with Crippen molar-refractivity contribution in [3.63, 3.8) is 0 Å². The zero-order valence-corrected chi connectivity index (χ0v) is 14.3. The summed E-state index contributed by atoms with van der Waals surface area (Å²) in [6.45, 7) is 5.32. The molecular formula is C16H15N7O3. The monoisotopic (exact) mass is 353 g/mol. The van der Waals surface area contributed by atoms with Crippen molar-refractivity contribution in [3.05, 3.63) is 52.3 Å². The summed E-state index contributed by atoms with van der Waals surface area (Å²) in [4.78, 5) is 28.6. The summed E-state index contributed by atoms with van der Waals surface area (Å²) >= 11 is 0. The molecule has 1 N–H and O–H groups in total. The molecule has 0 unspecified atom stereocenters. The maximum atomic E-state index is 12.5. The molecule has 0 saturated heterocycles. The van der Waals surface area contributed by atoms with Gasteiger partial charge in [0.05, 0.1) is 18.0 Å². The molecule has 0 aliphatic heterocycles. The molecule has 0 saturated carbocycles. The average Bonchev–Trinajstić information content (AvgIpc) is 3.19. The molecule has 0 aliphatic rings. The summed E-state index contributed by atoms with van der Waals surface area (Å²) in [6, 6.07) is 4.88. The van der Waals surface area contributed by atoms with E-state index in [4.69, 9.17) is 10.00 Å². The van der Waals surface area contributed by atoms with Crippen molar-refractivity contribution in [3.8, 4) is 17.6 Å². The van der Waals surface area contributed by atoms with Crippen LogP contribution in [0.25, 0.3) is 11.5 Å². The van der Waals surface area contributed by atoms with E-state index in [1.165, 1.54) is 40.1 Å². The van der Waals surface area contributed by atoms with Gasteiger partial charge in [-0.15, -0.1) is 5.10 Å². The van der Waals surface area contributed by atoms with Gasteiger partial charge in [0.1, 0.15) is 11.7 Å². The molecule has 3 aromatic heterocycles. The Morgan fingerprint density at radius 3 is 2.69 bits per heavy atom. The number of H-pyrrole nitrogens is 1. The molecule has 0 fully saturated rings. The van der Waals surface area contributed by atoms with Gasteiger partial charge >= 0.3 is 5.97 Å². The molecule has 26 heavy (non-hydrogen) atoms. The Kier molecular flexibility index (Phi) is 4.13.